The zero-order valence-corrected chi connectivity index (χ0v) is 20.7. The van der Waals surface area contributed by atoms with Crippen LogP contribution < -0.4 is 0 Å². The Morgan fingerprint density at radius 3 is 1.45 bits per heavy atom. The van der Waals surface area contributed by atoms with Crippen molar-refractivity contribution in [1.29, 1.82) is 0 Å². The van der Waals surface area contributed by atoms with Crippen molar-refractivity contribution < 1.29 is 0 Å². The Morgan fingerprint density at radius 1 is 0.516 bits per heavy atom. The van der Waals surface area contributed by atoms with Gasteiger partial charge in [-0.15, -0.1) is 0 Å². The molecular weight excluding hydrogens is 508 g/mol. The highest BCUT2D eigenvalue weighted by Gasteiger charge is 2.36. The Kier molecular flexibility index (Phi) is 4.52. The van der Waals surface area contributed by atoms with E-state index in [1.165, 1.54) is 55.6 Å². The highest BCUT2D eigenvalue weighted by atomic mass is 79.9. The van der Waals surface area contributed by atoms with Crippen LogP contribution in [0.3, 0.4) is 0 Å². The van der Waals surface area contributed by atoms with Crippen LogP contribution in [0.25, 0.3) is 22.3 Å². The summed E-state index contributed by atoms with van der Waals surface area (Å²) in [5.74, 6) is 0.791. The molecule has 0 nitrogen and oxygen atoms in total. The molecule has 0 N–H and O–H groups in total. The first-order valence-corrected chi connectivity index (χ1v) is 12.4. The van der Waals surface area contributed by atoms with E-state index in [9.17, 15) is 0 Å². The van der Waals surface area contributed by atoms with Gasteiger partial charge in [-0.1, -0.05) is 91.5 Å². The van der Waals surface area contributed by atoms with Gasteiger partial charge in [0.05, 0.1) is 0 Å². The standard InChI is InChI=1S/C29H22Br2/c1-16-3-7-22-24(11-16)25-12-17(2)4-8-23(25)28(22)15-29-26-13-18(30)5-9-20(26)21-10-6-19(31)14-27(21)29/h3-14,28-29H,15H2,1-2H3. The third kappa shape index (κ3) is 3.07. The van der Waals surface area contributed by atoms with E-state index < -0.39 is 0 Å². The minimum atomic E-state index is 0.381. The topological polar surface area (TPSA) is 0 Å². The largest absolute Gasteiger partial charge is 0.0590 e. The minimum absolute atomic E-state index is 0.381. The number of fused-ring (bicyclic) bond motifs is 6. The van der Waals surface area contributed by atoms with E-state index in [-0.39, 0.29) is 0 Å². The van der Waals surface area contributed by atoms with Gasteiger partial charge in [-0.05, 0) is 89.0 Å². The van der Waals surface area contributed by atoms with Gasteiger partial charge in [0.15, 0.2) is 0 Å². The van der Waals surface area contributed by atoms with Crippen molar-refractivity contribution in [3.05, 3.63) is 115 Å². The molecule has 0 aromatic heterocycles. The van der Waals surface area contributed by atoms with Crippen LogP contribution in [0.15, 0.2) is 81.7 Å². The normalized spacial score (nSPS) is 14.3. The highest BCUT2D eigenvalue weighted by Crippen LogP contribution is 2.54. The van der Waals surface area contributed by atoms with Crippen LogP contribution in [0.5, 0.6) is 0 Å². The minimum Gasteiger partial charge on any atom is -0.0590 e. The number of halogens is 2. The van der Waals surface area contributed by atoms with Crippen LogP contribution >= 0.6 is 31.9 Å². The van der Waals surface area contributed by atoms with Crippen LogP contribution in [-0.4, -0.2) is 0 Å². The summed E-state index contributed by atoms with van der Waals surface area (Å²) in [6, 6.07) is 27.6. The second-order valence-electron chi connectivity index (χ2n) is 8.99. The van der Waals surface area contributed by atoms with E-state index >= 15 is 0 Å². The molecule has 2 heteroatoms. The zero-order chi connectivity index (χ0) is 21.3. The summed E-state index contributed by atoms with van der Waals surface area (Å²) in [6.45, 7) is 4.39. The average molecular weight is 530 g/mol. The molecular formula is C29H22Br2. The molecule has 0 amide bonds. The van der Waals surface area contributed by atoms with E-state index in [1.807, 2.05) is 0 Å². The first-order valence-electron chi connectivity index (χ1n) is 10.8. The van der Waals surface area contributed by atoms with Crippen LogP contribution in [0.2, 0.25) is 0 Å². The van der Waals surface area contributed by atoms with Gasteiger partial charge in [-0.3, -0.25) is 0 Å². The zero-order valence-electron chi connectivity index (χ0n) is 17.5. The lowest BCUT2D eigenvalue weighted by Crippen LogP contribution is -2.05. The fraction of sp³-hybridized carbons (Fsp3) is 0.172. The molecule has 0 unspecified atom stereocenters. The van der Waals surface area contributed by atoms with Crippen LogP contribution in [-0.2, 0) is 0 Å². The maximum absolute atomic E-state index is 3.72. The van der Waals surface area contributed by atoms with Gasteiger partial charge in [-0.2, -0.15) is 0 Å². The molecule has 0 aliphatic heterocycles. The van der Waals surface area contributed by atoms with Gasteiger partial charge in [0.2, 0.25) is 0 Å². The Balaban J connectivity index is 1.52. The Hall–Kier alpha value is -2.16. The third-order valence-electron chi connectivity index (χ3n) is 7.00. The molecule has 0 fully saturated rings. The summed E-state index contributed by atoms with van der Waals surface area (Å²) in [6.07, 6.45) is 1.08. The van der Waals surface area contributed by atoms with Crippen molar-refractivity contribution in [2.24, 2.45) is 0 Å². The van der Waals surface area contributed by atoms with Gasteiger partial charge >= 0.3 is 0 Å². The van der Waals surface area contributed by atoms with Crippen molar-refractivity contribution >= 4 is 31.9 Å². The molecule has 4 aromatic rings. The Morgan fingerprint density at radius 2 is 0.968 bits per heavy atom. The number of hydrogen-bond acceptors (Lipinski definition) is 0. The lowest BCUT2D eigenvalue weighted by atomic mass is 9.82. The lowest BCUT2D eigenvalue weighted by Gasteiger charge is -2.21. The molecule has 6 rings (SSSR count). The molecule has 0 heterocycles. The summed E-state index contributed by atoms with van der Waals surface area (Å²) in [7, 11) is 0. The Labute approximate surface area is 200 Å². The molecule has 2 aliphatic carbocycles. The van der Waals surface area contributed by atoms with Crippen LogP contribution in [0.1, 0.15) is 51.6 Å². The average Bonchev–Trinajstić information content (AvgIpc) is 3.20. The van der Waals surface area contributed by atoms with E-state index in [2.05, 4.69) is 119 Å². The van der Waals surface area contributed by atoms with Gasteiger partial charge in [-0.25, -0.2) is 0 Å². The molecule has 31 heavy (non-hydrogen) atoms. The molecule has 0 bridgehead atoms. The van der Waals surface area contributed by atoms with Crippen molar-refractivity contribution in [2.75, 3.05) is 0 Å². The first kappa shape index (κ1) is 19.5. The molecule has 0 saturated carbocycles. The van der Waals surface area contributed by atoms with Crippen molar-refractivity contribution in [3.8, 4) is 22.3 Å². The molecule has 0 spiro atoms. The molecule has 2 aliphatic rings. The van der Waals surface area contributed by atoms with Gasteiger partial charge < -0.3 is 0 Å². The Bertz CT molecular complexity index is 1260. The fourth-order valence-electron chi connectivity index (χ4n) is 5.63. The van der Waals surface area contributed by atoms with Crippen molar-refractivity contribution in [2.45, 2.75) is 32.1 Å². The third-order valence-corrected chi connectivity index (χ3v) is 7.98. The van der Waals surface area contributed by atoms with Gasteiger partial charge in [0.1, 0.15) is 0 Å². The van der Waals surface area contributed by atoms with Crippen LogP contribution in [0, 0.1) is 13.8 Å². The number of rotatable bonds is 2. The summed E-state index contributed by atoms with van der Waals surface area (Å²) in [5, 5.41) is 0. The lowest BCUT2D eigenvalue weighted by molar-refractivity contribution is 0.662. The molecule has 4 aromatic carbocycles. The SMILES string of the molecule is Cc1ccc2c(c1)-c1cc(C)ccc1C2CC1c2cc(Br)ccc2-c2ccc(Br)cc21. The van der Waals surface area contributed by atoms with E-state index in [4.69, 9.17) is 0 Å². The van der Waals surface area contributed by atoms with E-state index in [1.54, 1.807) is 0 Å². The summed E-state index contributed by atoms with van der Waals surface area (Å²) < 4.78 is 2.31. The van der Waals surface area contributed by atoms with Gasteiger partial charge in [0.25, 0.3) is 0 Å². The van der Waals surface area contributed by atoms with Crippen molar-refractivity contribution in [3.63, 3.8) is 0 Å². The smallest absolute Gasteiger partial charge is 0.0178 e. The molecule has 0 saturated heterocycles. The molecule has 0 radical (unpaired) electrons. The van der Waals surface area contributed by atoms with Crippen LogP contribution in [0.4, 0.5) is 0 Å². The monoisotopic (exact) mass is 528 g/mol. The summed E-state index contributed by atoms with van der Waals surface area (Å²) in [5.41, 5.74) is 14.1. The number of hydrogen-bond donors (Lipinski definition) is 0. The predicted molar refractivity (Wildman–Crippen MR) is 137 cm³/mol. The fourth-order valence-corrected chi connectivity index (χ4v) is 6.39. The summed E-state index contributed by atoms with van der Waals surface area (Å²) >= 11 is 7.45. The first-order chi connectivity index (χ1) is 15.0. The number of benzene rings is 4. The highest BCUT2D eigenvalue weighted by molar-refractivity contribution is 9.10. The summed E-state index contributed by atoms with van der Waals surface area (Å²) in [4.78, 5) is 0. The predicted octanol–water partition coefficient (Wildman–Crippen LogP) is 9.14. The van der Waals surface area contributed by atoms with Gasteiger partial charge in [0, 0.05) is 20.8 Å². The van der Waals surface area contributed by atoms with Crippen molar-refractivity contribution in [1.82, 2.24) is 0 Å². The molecule has 0 atom stereocenters. The maximum Gasteiger partial charge on any atom is 0.0178 e. The number of aryl methyl sites for hydroxylation is 2. The van der Waals surface area contributed by atoms with E-state index in [0.29, 0.717) is 11.8 Å². The maximum atomic E-state index is 3.72. The molecule has 152 valence electrons. The quantitative estimate of drug-likeness (QED) is 0.243. The second-order valence-corrected chi connectivity index (χ2v) is 10.8. The van der Waals surface area contributed by atoms with E-state index in [0.717, 1.165) is 15.4 Å². The second kappa shape index (κ2) is 7.18.